The van der Waals surface area contributed by atoms with Crippen LogP contribution in [0.15, 0.2) is 83.7 Å². The lowest BCUT2D eigenvalue weighted by Crippen LogP contribution is -2.49. The van der Waals surface area contributed by atoms with Crippen molar-refractivity contribution in [1.82, 2.24) is 14.5 Å². The number of fused-ring (bicyclic) bond motifs is 2. The lowest BCUT2D eigenvalue weighted by molar-refractivity contribution is -0.384. The van der Waals surface area contributed by atoms with Gasteiger partial charge in [0.05, 0.1) is 21.9 Å². The molecule has 1 aromatic heterocycles. The number of carbonyl (C=O) groups is 1. The van der Waals surface area contributed by atoms with Crippen molar-refractivity contribution in [1.29, 1.82) is 0 Å². The van der Waals surface area contributed by atoms with Crippen LogP contribution in [0.1, 0.15) is 36.0 Å². The molecule has 0 saturated heterocycles. The van der Waals surface area contributed by atoms with E-state index >= 15 is 0 Å². The molecule has 8 heteroatoms. The van der Waals surface area contributed by atoms with Gasteiger partial charge in [-0.2, -0.15) is 0 Å². The molecule has 0 saturated carbocycles. The van der Waals surface area contributed by atoms with Gasteiger partial charge in [-0.25, -0.2) is 4.98 Å². The largest absolute Gasteiger partial charge is 0.327 e. The van der Waals surface area contributed by atoms with Crippen LogP contribution in [0, 0.1) is 10.1 Å². The fourth-order valence-corrected chi connectivity index (χ4v) is 4.54. The van der Waals surface area contributed by atoms with E-state index in [1.165, 1.54) is 16.7 Å². The van der Waals surface area contributed by atoms with Crippen molar-refractivity contribution in [2.24, 2.45) is 0 Å². The molecule has 3 aromatic carbocycles. The Labute approximate surface area is 195 Å². The van der Waals surface area contributed by atoms with Crippen molar-refractivity contribution in [3.63, 3.8) is 0 Å². The van der Waals surface area contributed by atoms with E-state index in [9.17, 15) is 19.7 Å². The quantitative estimate of drug-likeness (QED) is 0.333. The fraction of sp³-hybridized carbons (Fsp3) is 0.192. The molecule has 2 atom stereocenters. The van der Waals surface area contributed by atoms with Crippen LogP contribution in [0.25, 0.3) is 10.9 Å². The second-order valence-corrected chi connectivity index (χ2v) is 8.43. The van der Waals surface area contributed by atoms with Crippen molar-refractivity contribution >= 4 is 22.5 Å². The van der Waals surface area contributed by atoms with Crippen LogP contribution in [0.2, 0.25) is 0 Å². The molecule has 170 valence electrons. The molecule has 2 heterocycles. The Morgan fingerprint density at radius 1 is 0.912 bits per heavy atom. The number of carbonyl (C=O) groups excluding carboxylic acids is 1. The molecule has 0 N–H and O–H groups in total. The topological polar surface area (TPSA) is 98.3 Å². The van der Waals surface area contributed by atoms with Crippen LogP contribution in [0.3, 0.4) is 0 Å². The third kappa shape index (κ3) is 3.73. The van der Waals surface area contributed by atoms with Gasteiger partial charge >= 0.3 is 0 Å². The van der Waals surface area contributed by atoms with Gasteiger partial charge in [0.25, 0.3) is 11.2 Å². The number of amides is 1. The molecular formula is C26H22N4O4. The Balaban J connectivity index is 1.63. The summed E-state index contributed by atoms with van der Waals surface area (Å²) in [5.41, 5.74) is 2.02. The third-order valence-corrected chi connectivity index (χ3v) is 6.33. The van der Waals surface area contributed by atoms with Crippen LogP contribution in [0.5, 0.6) is 0 Å². The Bertz CT molecular complexity index is 1450. The molecule has 1 aliphatic heterocycles. The maximum atomic E-state index is 13.8. The Morgan fingerprint density at radius 2 is 1.59 bits per heavy atom. The summed E-state index contributed by atoms with van der Waals surface area (Å²) in [5, 5.41) is 11.5. The molecule has 0 spiro atoms. The Morgan fingerprint density at radius 3 is 2.29 bits per heavy atom. The number of nitro benzene ring substituents is 1. The normalized spacial score (nSPS) is 17.6. The Hall–Kier alpha value is -4.33. The first-order valence-corrected chi connectivity index (χ1v) is 11.0. The zero-order valence-electron chi connectivity index (χ0n) is 18.5. The average Bonchev–Trinajstić information content (AvgIpc) is 2.85. The van der Waals surface area contributed by atoms with Crippen molar-refractivity contribution in [2.75, 3.05) is 0 Å². The number of nitrogens with zero attached hydrogens (tertiary/aromatic N) is 4. The van der Waals surface area contributed by atoms with E-state index in [-0.39, 0.29) is 23.6 Å². The minimum absolute atomic E-state index is 0.0247. The standard InChI is InChI=1S/C26H22N4O4/c1-17-24-27-22-10-6-5-9-21(22)25(31)29(24)23(15-18-11-13-20(14-12-18)30(33)34)26(32)28(17)16-19-7-3-2-4-8-19/h2-14,17,23H,15-16H2,1H3/t17-,23+/m0/s1. The number of para-hydroxylation sites is 1. The smallest absolute Gasteiger partial charge is 0.269 e. The van der Waals surface area contributed by atoms with Gasteiger partial charge in [-0.3, -0.25) is 24.3 Å². The van der Waals surface area contributed by atoms with Gasteiger partial charge in [-0.1, -0.05) is 54.6 Å². The molecule has 1 aliphatic rings. The SMILES string of the molecule is C[C@H]1c2nc3ccccc3c(=O)n2[C@H](Cc2ccc([N+](=O)[O-])cc2)C(=O)N1Cc1ccccc1. The van der Waals surface area contributed by atoms with E-state index in [2.05, 4.69) is 0 Å². The van der Waals surface area contributed by atoms with Crippen molar-refractivity contribution < 1.29 is 9.72 Å². The summed E-state index contributed by atoms with van der Waals surface area (Å²) < 4.78 is 1.51. The molecule has 5 rings (SSSR count). The molecule has 0 fully saturated rings. The van der Waals surface area contributed by atoms with Crippen molar-refractivity contribution in [3.05, 3.63) is 116 Å². The van der Waals surface area contributed by atoms with Gasteiger partial charge in [-0.15, -0.1) is 0 Å². The van der Waals surface area contributed by atoms with Crippen molar-refractivity contribution in [3.8, 4) is 0 Å². The van der Waals surface area contributed by atoms with E-state index in [4.69, 9.17) is 4.98 Å². The van der Waals surface area contributed by atoms with Crippen LogP contribution in [-0.2, 0) is 17.8 Å². The summed E-state index contributed by atoms with van der Waals surface area (Å²) in [5.74, 6) is 0.354. The molecule has 0 bridgehead atoms. The van der Waals surface area contributed by atoms with Gasteiger partial charge in [0.15, 0.2) is 0 Å². The van der Waals surface area contributed by atoms with Gasteiger partial charge in [0.2, 0.25) is 5.91 Å². The lowest BCUT2D eigenvalue weighted by Gasteiger charge is -2.39. The highest BCUT2D eigenvalue weighted by molar-refractivity contribution is 5.84. The second kappa shape index (κ2) is 8.55. The van der Waals surface area contributed by atoms with Gasteiger partial charge in [-0.05, 0) is 30.2 Å². The summed E-state index contributed by atoms with van der Waals surface area (Å²) in [4.78, 5) is 44.4. The van der Waals surface area contributed by atoms with E-state index in [1.54, 1.807) is 35.2 Å². The second-order valence-electron chi connectivity index (χ2n) is 8.43. The predicted octanol–water partition coefficient (Wildman–Crippen LogP) is 4.19. The van der Waals surface area contributed by atoms with E-state index in [0.717, 1.165) is 11.1 Å². The van der Waals surface area contributed by atoms with Crippen LogP contribution < -0.4 is 5.56 Å². The van der Waals surface area contributed by atoms with E-state index < -0.39 is 17.0 Å². The number of nitro groups is 1. The predicted molar refractivity (Wildman–Crippen MR) is 127 cm³/mol. The molecule has 0 radical (unpaired) electrons. The number of hydrogen-bond acceptors (Lipinski definition) is 5. The molecule has 0 unspecified atom stereocenters. The summed E-state index contributed by atoms with van der Waals surface area (Å²) in [6, 6.07) is 21.7. The maximum absolute atomic E-state index is 13.8. The van der Waals surface area contributed by atoms with Crippen LogP contribution in [0.4, 0.5) is 5.69 Å². The zero-order chi connectivity index (χ0) is 23.8. The number of non-ortho nitro benzene ring substituents is 1. The van der Waals surface area contributed by atoms with Gasteiger partial charge < -0.3 is 4.90 Å². The third-order valence-electron chi connectivity index (χ3n) is 6.33. The molecule has 0 aliphatic carbocycles. The molecular weight excluding hydrogens is 432 g/mol. The molecule has 34 heavy (non-hydrogen) atoms. The minimum Gasteiger partial charge on any atom is -0.327 e. The zero-order valence-corrected chi connectivity index (χ0v) is 18.5. The first-order valence-electron chi connectivity index (χ1n) is 11.0. The maximum Gasteiger partial charge on any atom is 0.269 e. The van der Waals surface area contributed by atoms with Crippen molar-refractivity contribution in [2.45, 2.75) is 32.0 Å². The first-order chi connectivity index (χ1) is 16.4. The van der Waals surface area contributed by atoms with Gasteiger partial charge in [0, 0.05) is 25.1 Å². The monoisotopic (exact) mass is 454 g/mol. The number of aromatic nitrogens is 2. The first kappa shape index (κ1) is 21.5. The van der Waals surface area contributed by atoms with Gasteiger partial charge in [0.1, 0.15) is 11.9 Å². The Kier molecular flexibility index (Phi) is 5.41. The minimum atomic E-state index is -0.805. The number of hydrogen-bond donors (Lipinski definition) is 0. The highest BCUT2D eigenvalue weighted by atomic mass is 16.6. The van der Waals surface area contributed by atoms with Crippen LogP contribution >= 0.6 is 0 Å². The highest BCUT2D eigenvalue weighted by Gasteiger charge is 2.39. The van der Waals surface area contributed by atoms with E-state index in [1.807, 2.05) is 43.3 Å². The van der Waals surface area contributed by atoms with Crippen LogP contribution in [-0.4, -0.2) is 25.3 Å². The molecule has 4 aromatic rings. The summed E-state index contributed by atoms with van der Waals surface area (Å²) in [6.07, 6.45) is 0.224. The average molecular weight is 454 g/mol. The van der Waals surface area contributed by atoms with E-state index in [0.29, 0.717) is 23.3 Å². The lowest BCUT2D eigenvalue weighted by atomic mass is 9.99. The number of rotatable bonds is 5. The number of benzene rings is 3. The highest BCUT2D eigenvalue weighted by Crippen LogP contribution is 2.33. The summed E-state index contributed by atoms with van der Waals surface area (Å²) in [6.45, 7) is 2.27. The fourth-order valence-electron chi connectivity index (χ4n) is 4.54. The summed E-state index contributed by atoms with van der Waals surface area (Å²) >= 11 is 0. The summed E-state index contributed by atoms with van der Waals surface area (Å²) in [7, 11) is 0. The molecule has 8 nitrogen and oxygen atoms in total. The molecule has 1 amide bonds.